The first-order chi connectivity index (χ1) is 33.2. The van der Waals surface area contributed by atoms with Gasteiger partial charge in [-0.2, -0.15) is 10.2 Å². The minimum absolute atomic E-state index is 0.227. The topological polar surface area (TPSA) is 102 Å². The maximum atomic E-state index is 11.6. The fourth-order valence-electron chi connectivity index (χ4n) is 8.47. The summed E-state index contributed by atoms with van der Waals surface area (Å²) >= 11 is 9.02. The third-order valence-electron chi connectivity index (χ3n) is 11.5. The van der Waals surface area contributed by atoms with Gasteiger partial charge in [0.15, 0.2) is 0 Å². The Bertz CT molecular complexity index is 3350. The summed E-state index contributed by atoms with van der Waals surface area (Å²) in [6.07, 6.45) is 0. The number of nitrogens with zero attached hydrogens (tertiary/aromatic N) is 2. The zero-order chi connectivity index (χ0) is 46.7. The van der Waals surface area contributed by atoms with Crippen molar-refractivity contribution in [3.05, 3.63) is 184 Å². The van der Waals surface area contributed by atoms with Crippen LogP contribution in [0.2, 0.25) is 0 Å². The monoisotopic (exact) mass is 1340 g/mol. The number of phenols is 2. The second kappa shape index (κ2) is 20.7. The SMILES string of the molecule is Oc1c(I)cc2ccccc2c1-c1c(OCCOc2cccc(N=Nc3cccc(OCCOc4c(I)cc5ccccc5c4-c4c(O)c(I)cc5ccccc45)c3)c2)c(I)cc2ccccc12. The molecule has 0 fully saturated rings. The third-order valence-corrected chi connectivity index (χ3v) is 14.7. The van der Waals surface area contributed by atoms with E-state index in [0.717, 1.165) is 79.6 Å². The molecular weight excluding hydrogens is 1300 g/mol. The molecule has 0 aliphatic rings. The van der Waals surface area contributed by atoms with Crippen molar-refractivity contribution < 1.29 is 29.2 Å². The van der Waals surface area contributed by atoms with Crippen LogP contribution in [-0.2, 0) is 0 Å². The van der Waals surface area contributed by atoms with Crippen LogP contribution < -0.4 is 18.9 Å². The van der Waals surface area contributed by atoms with Crippen LogP contribution in [0.3, 0.4) is 0 Å². The van der Waals surface area contributed by atoms with E-state index in [-0.39, 0.29) is 37.9 Å². The van der Waals surface area contributed by atoms with Crippen LogP contribution in [0.25, 0.3) is 65.3 Å². The lowest BCUT2D eigenvalue weighted by Crippen LogP contribution is -2.10. The summed E-state index contributed by atoms with van der Waals surface area (Å²) in [6.45, 7) is 1.09. The first-order valence-corrected chi connectivity index (χ1v) is 25.9. The van der Waals surface area contributed by atoms with Gasteiger partial charge >= 0.3 is 0 Å². The van der Waals surface area contributed by atoms with Crippen molar-refractivity contribution in [2.75, 3.05) is 26.4 Å². The number of benzene rings is 10. The number of aromatic hydroxyl groups is 2. The molecule has 0 unspecified atom stereocenters. The largest absolute Gasteiger partial charge is 0.506 e. The van der Waals surface area contributed by atoms with E-state index < -0.39 is 0 Å². The van der Waals surface area contributed by atoms with E-state index in [1.807, 2.05) is 121 Å². The molecule has 12 heteroatoms. The Morgan fingerprint density at radius 1 is 0.338 bits per heavy atom. The molecule has 68 heavy (non-hydrogen) atoms. The van der Waals surface area contributed by atoms with Crippen LogP contribution in [0.4, 0.5) is 11.4 Å². The number of phenolic OH excluding ortho intramolecular Hbond substituents is 2. The van der Waals surface area contributed by atoms with Gasteiger partial charge in [0.1, 0.15) is 60.9 Å². The van der Waals surface area contributed by atoms with E-state index in [2.05, 4.69) is 149 Å². The van der Waals surface area contributed by atoms with Crippen molar-refractivity contribution >= 4 is 145 Å². The summed E-state index contributed by atoms with van der Waals surface area (Å²) in [4.78, 5) is 0. The highest BCUT2D eigenvalue weighted by molar-refractivity contribution is 14.1. The lowest BCUT2D eigenvalue weighted by atomic mass is 9.92. The molecule has 10 rings (SSSR count). The summed E-state index contributed by atoms with van der Waals surface area (Å²) in [5.41, 5.74) is 4.45. The number of ether oxygens (including phenoxy) is 4. The van der Waals surface area contributed by atoms with Gasteiger partial charge in [0.25, 0.3) is 0 Å². The van der Waals surface area contributed by atoms with E-state index in [0.29, 0.717) is 34.4 Å². The van der Waals surface area contributed by atoms with Crippen LogP contribution in [0.1, 0.15) is 0 Å². The maximum absolute atomic E-state index is 11.6. The van der Waals surface area contributed by atoms with E-state index >= 15 is 0 Å². The smallest absolute Gasteiger partial charge is 0.141 e. The molecule has 0 saturated heterocycles. The van der Waals surface area contributed by atoms with Crippen LogP contribution >= 0.6 is 90.4 Å². The zero-order valence-electron chi connectivity index (χ0n) is 35.9. The third kappa shape index (κ3) is 9.60. The minimum Gasteiger partial charge on any atom is -0.506 e. The highest BCUT2D eigenvalue weighted by atomic mass is 127. The summed E-state index contributed by atoms with van der Waals surface area (Å²) in [6, 6.07) is 55.7. The zero-order valence-corrected chi connectivity index (χ0v) is 44.6. The van der Waals surface area contributed by atoms with Crippen LogP contribution in [0, 0.1) is 14.3 Å². The maximum Gasteiger partial charge on any atom is 0.141 e. The molecule has 0 aromatic heterocycles. The molecule has 0 spiro atoms. The van der Waals surface area contributed by atoms with Gasteiger partial charge in [0, 0.05) is 34.4 Å². The molecule has 0 saturated carbocycles. The average molecular weight is 1340 g/mol. The van der Waals surface area contributed by atoms with E-state index in [4.69, 9.17) is 18.9 Å². The Kier molecular flexibility index (Phi) is 14.1. The molecule has 10 aromatic rings. The first kappa shape index (κ1) is 46.3. The fourth-order valence-corrected chi connectivity index (χ4v) is 11.2. The molecule has 0 amide bonds. The van der Waals surface area contributed by atoms with E-state index in [1.165, 1.54) is 0 Å². The van der Waals surface area contributed by atoms with Gasteiger partial charge < -0.3 is 29.2 Å². The molecule has 2 N–H and O–H groups in total. The van der Waals surface area contributed by atoms with Crippen molar-refractivity contribution in [2.45, 2.75) is 0 Å². The molecule has 0 aliphatic heterocycles. The predicted molar refractivity (Wildman–Crippen MR) is 307 cm³/mol. The highest BCUT2D eigenvalue weighted by Gasteiger charge is 2.24. The number of halogens is 4. The van der Waals surface area contributed by atoms with Crippen molar-refractivity contribution in [1.82, 2.24) is 0 Å². The van der Waals surface area contributed by atoms with E-state index in [9.17, 15) is 10.2 Å². The number of rotatable bonds is 14. The van der Waals surface area contributed by atoms with Crippen molar-refractivity contribution in [3.63, 3.8) is 0 Å². The van der Waals surface area contributed by atoms with Gasteiger partial charge in [-0.05, 0) is 182 Å². The highest BCUT2D eigenvalue weighted by Crippen LogP contribution is 2.50. The summed E-state index contributed by atoms with van der Waals surface area (Å²) < 4.78 is 28.9. The van der Waals surface area contributed by atoms with Crippen molar-refractivity contribution in [1.29, 1.82) is 0 Å². The lowest BCUT2D eigenvalue weighted by molar-refractivity contribution is 0.217. The van der Waals surface area contributed by atoms with Crippen LogP contribution in [-0.4, -0.2) is 36.6 Å². The Morgan fingerprint density at radius 3 is 1.04 bits per heavy atom. The summed E-state index contributed by atoms with van der Waals surface area (Å²) in [5, 5.41) is 40.2. The average Bonchev–Trinajstić information content (AvgIpc) is 3.35. The van der Waals surface area contributed by atoms with Crippen LogP contribution in [0.15, 0.2) is 180 Å². The Balaban J connectivity index is 0.803. The van der Waals surface area contributed by atoms with Crippen LogP contribution in [0.5, 0.6) is 34.5 Å². The van der Waals surface area contributed by atoms with E-state index in [1.54, 1.807) is 0 Å². The molecule has 8 nitrogen and oxygen atoms in total. The quantitative estimate of drug-likeness (QED) is 0.0639. The fraction of sp³-hybridized carbons (Fsp3) is 0.0714. The van der Waals surface area contributed by atoms with Gasteiger partial charge in [-0.3, -0.25) is 0 Å². The Morgan fingerprint density at radius 2 is 0.662 bits per heavy atom. The Hall–Kier alpha value is -5.44. The molecule has 0 atom stereocenters. The summed E-state index contributed by atoms with van der Waals surface area (Å²) in [5.74, 6) is 3.10. The van der Waals surface area contributed by atoms with Gasteiger partial charge in [0.2, 0.25) is 0 Å². The number of fused-ring (bicyclic) bond motifs is 4. The second-order valence-electron chi connectivity index (χ2n) is 15.8. The molecule has 336 valence electrons. The molecule has 10 aromatic carbocycles. The summed E-state index contributed by atoms with van der Waals surface area (Å²) in [7, 11) is 0. The normalized spacial score (nSPS) is 11.5. The number of hydrogen-bond donors (Lipinski definition) is 2. The molecule has 0 radical (unpaired) electrons. The predicted octanol–water partition coefficient (Wildman–Crippen LogP) is 16.8. The van der Waals surface area contributed by atoms with Gasteiger partial charge in [-0.15, -0.1) is 0 Å². The standard InChI is InChI=1S/C56H38I4N2O6/c57-45-27-33-11-1-5-19-41(33)49(53(45)63)51-43-21-7-3-13-35(43)29-47(59)55(51)67-25-23-65-39-17-9-15-37(31-39)61-62-38-16-10-18-40(32-38)66-24-26-68-56-48(60)30-36-14-4-8-22-44(36)52(56)50-42-20-6-2-12-34(42)28-46(58)54(50)64/h1-22,27-32,63-64H,23-26H2. The lowest BCUT2D eigenvalue weighted by Gasteiger charge is -2.20. The molecule has 0 aliphatic carbocycles. The van der Waals surface area contributed by atoms with Gasteiger partial charge in [-0.25, -0.2) is 0 Å². The first-order valence-electron chi connectivity index (χ1n) is 21.6. The molecular formula is C56H38I4N2O6. The van der Waals surface area contributed by atoms with Gasteiger partial charge in [0.05, 0.1) is 25.7 Å². The second-order valence-corrected chi connectivity index (χ2v) is 20.4. The van der Waals surface area contributed by atoms with Crippen molar-refractivity contribution in [3.8, 4) is 56.8 Å². The van der Waals surface area contributed by atoms with Crippen molar-refractivity contribution in [2.24, 2.45) is 10.2 Å². The number of hydrogen-bond acceptors (Lipinski definition) is 8. The molecule has 0 bridgehead atoms. The molecule has 0 heterocycles. The number of azo groups is 1. The minimum atomic E-state index is 0.227. The Labute approximate surface area is 446 Å². The van der Waals surface area contributed by atoms with Gasteiger partial charge in [-0.1, -0.05) is 109 Å².